The van der Waals surface area contributed by atoms with E-state index in [1.165, 1.54) is 17.2 Å². The standard InChI is InChI=1S/C23H25N3O/c1-17(19-12-7-10-18-9-3-4-11-20(18)19)25-23(27)21-13-8-14-24-22(21)26-15-5-2-6-16-26/h3-4,7-14,17H,2,5-6,15-16H2,1H3,(H,25,27). The second-order valence-electron chi connectivity index (χ2n) is 7.19. The molecule has 0 saturated carbocycles. The van der Waals surface area contributed by atoms with Crippen LogP contribution in [0.5, 0.6) is 0 Å². The number of carbonyl (C=O) groups is 1. The minimum atomic E-state index is -0.0852. The SMILES string of the molecule is CC(NC(=O)c1cccnc1N1CCCCC1)c1cccc2ccccc12. The Labute approximate surface area is 160 Å². The van der Waals surface area contributed by atoms with Crippen molar-refractivity contribution in [2.24, 2.45) is 0 Å². The van der Waals surface area contributed by atoms with Gasteiger partial charge in [0.2, 0.25) is 0 Å². The molecular formula is C23H25N3O. The van der Waals surface area contributed by atoms with Gasteiger partial charge in [-0.1, -0.05) is 42.5 Å². The third-order valence-corrected chi connectivity index (χ3v) is 5.32. The predicted octanol–water partition coefficient (Wildman–Crippen LogP) is 4.72. The molecule has 2 heterocycles. The zero-order valence-electron chi connectivity index (χ0n) is 15.7. The van der Waals surface area contributed by atoms with E-state index in [9.17, 15) is 4.79 Å². The van der Waals surface area contributed by atoms with Crippen LogP contribution in [-0.4, -0.2) is 24.0 Å². The highest BCUT2D eigenvalue weighted by Gasteiger charge is 2.21. The van der Waals surface area contributed by atoms with E-state index in [0.717, 1.165) is 37.3 Å². The average Bonchev–Trinajstić information content (AvgIpc) is 2.74. The number of nitrogens with one attached hydrogen (secondary N) is 1. The van der Waals surface area contributed by atoms with Crippen molar-refractivity contribution in [1.82, 2.24) is 10.3 Å². The van der Waals surface area contributed by atoms with Crippen molar-refractivity contribution in [3.63, 3.8) is 0 Å². The highest BCUT2D eigenvalue weighted by Crippen LogP contribution is 2.26. The number of hydrogen-bond donors (Lipinski definition) is 1. The minimum Gasteiger partial charge on any atom is -0.356 e. The molecule has 4 rings (SSSR count). The number of nitrogens with zero attached hydrogens (tertiary/aromatic N) is 2. The van der Waals surface area contributed by atoms with Gasteiger partial charge >= 0.3 is 0 Å². The number of pyridine rings is 1. The van der Waals surface area contributed by atoms with Crippen molar-refractivity contribution in [3.8, 4) is 0 Å². The third kappa shape index (κ3) is 3.65. The van der Waals surface area contributed by atoms with Crippen LogP contribution in [0.4, 0.5) is 5.82 Å². The van der Waals surface area contributed by atoms with Crippen LogP contribution in [-0.2, 0) is 0 Å². The molecule has 138 valence electrons. The lowest BCUT2D eigenvalue weighted by Gasteiger charge is -2.29. The first-order chi connectivity index (χ1) is 13.2. The average molecular weight is 359 g/mol. The quantitative estimate of drug-likeness (QED) is 0.733. The van der Waals surface area contributed by atoms with Gasteiger partial charge in [-0.25, -0.2) is 4.98 Å². The van der Waals surface area contributed by atoms with Crippen LogP contribution in [0, 0.1) is 0 Å². The molecule has 1 N–H and O–H groups in total. The van der Waals surface area contributed by atoms with E-state index in [0.29, 0.717) is 5.56 Å². The lowest BCUT2D eigenvalue weighted by Crippen LogP contribution is -2.34. The number of aromatic nitrogens is 1. The summed E-state index contributed by atoms with van der Waals surface area (Å²) < 4.78 is 0. The molecule has 1 aliphatic rings. The van der Waals surface area contributed by atoms with Gasteiger partial charge in [-0.05, 0) is 54.7 Å². The molecule has 0 spiro atoms. The maximum atomic E-state index is 13.1. The van der Waals surface area contributed by atoms with Crippen LogP contribution in [0.1, 0.15) is 48.1 Å². The Morgan fingerprint density at radius 3 is 2.63 bits per heavy atom. The minimum absolute atomic E-state index is 0.0656. The van der Waals surface area contributed by atoms with Gasteiger partial charge in [0.1, 0.15) is 5.82 Å². The smallest absolute Gasteiger partial charge is 0.255 e. The molecule has 2 aromatic carbocycles. The number of carbonyl (C=O) groups excluding carboxylic acids is 1. The normalized spacial score (nSPS) is 15.5. The summed E-state index contributed by atoms with van der Waals surface area (Å²) in [6.07, 6.45) is 5.34. The van der Waals surface area contributed by atoms with Crippen molar-refractivity contribution in [2.75, 3.05) is 18.0 Å². The number of amides is 1. The third-order valence-electron chi connectivity index (χ3n) is 5.32. The lowest BCUT2D eigenvalue weighted by atomic mass is 9.99. The molecule has 0 aliphatic carbocycles. The van der Waals surface area contributed by atoms with Crippen LogP contribution in [0.2, 0.25) is 0 Å². The van der Waals surface area contributed by atoms with E-state index < -0.39 is 0 Å². The molecule has 1 saturated heterocycles. The van der Waals surface area contributed by atoms with Gasteiger partial charge in [-0.2, -0.15) is 0 Å². The molecule has 0 bridgehead atoms. The van der Waals surface area contributed by atoms with Crippen LogP contribution >= 0.6 is 0 Å². The van der Waals surface area contributed by atoms with E-state index in [1.807, 2.05) is 37.3 Å². The van der Waals surface area contributed by atoms with E-state index in [4.69, 9.17) is 0 Å². The molecule has 1 aromatic heterocycles. The van der Waals surface area contributed by atoms with E-state index >= 15 is 0 Å². The summed E-state index contributed by atoms with van der Waals surface area (Å²) in [6.45, 7) is 3.98. The first kappa shape index (κ1) is 17.5. The molecule has 4 heteroatoms. The molecule has 3 aromatic rings. The number of rotatable bonds is 4. The second kappa shape index (κ2) is 7.78. The van der Waals surface area contributed by atoms with Gasteiger partial charge in [0.25, 0.3) is 5.91 Å². The molecule has 4 nitrogen and oxygen atoms in total. The van der Waals surface area contributed by atoms with E-state index in [-0.39, 0.29) is 11.9 Å². The van der Waals surface area contributed by atoms with Crippen LogP contribution in [0.15, 0.2) is 60.8 Å². The Kier molecular flexibility index (Phi) is 5.05. The van der Waals surface area contributed by atoms with Gasteiger partial charge in [-0.3, -0.25) is 4.79 Å². The maximum Gasteiger partial charge on any atom is 0.255 e. The van der Waals surface area contributed by atoms with Gasteiger partial charge < -0.3 is 10.2 Å². The number of benzene rings is 2. The molecule has 1 fully saturated rings. The fourth-order valence-corrected chi connectivity index (χ4v) is 3.91. The van der Waals surface area contributed by atoms with Gasteiger partial charge in [0, 0.05) is 19.3 Å². The van der Waals surface area contributed by atoms with E-state index in [2.05, 4.69) is 39.5 Å². The largest absolute Gasteiger partial charge is 0.356 e. The second-order valence-corrected chi connectivity index (χ2v) is 7.19. The monoisotopic (exact) mass is 359 g/mol. The first-order valence-corrected chi connectivity index (χ1v) is 9.72. The maximum absolute atomic E-state index is 13.1. The van der Waals surface area contributed by atoms with Crippen molar-refractivity contribution in [2.45, 2.75) is 32.2 Å². The first-order valence-electron chi connectivity index (χ1n) is 9.72. The van der Waals surface area contributed by atoms with Crippen LogP contribution in [0.3, 0.4) is 0 Å². The molecule has 1 atom stereocenters. The summed E-state index contributed by atoms with van der Waals surface area (Å²) in [7, 11) is 0. The van der Waals surface area contributed by atoms with Crippen LogP contribution < -0.4 is 10.2 Å². The number of anilines is 1. The fourth-order valence-electron chi connectivity index (χ4n) is 3.91. The number of fused-ring (bicyclic) bond motifs is 1. The van der Waals surface area contributed by atoms with Crippen molar-refractivity contribution in [1.29, 1.82) is 0 Å². The highest BCUT2D eigenvalue weighted by atomic mass is 16.1. The predicted molar refractivity (Wildman–Crippen MR) is 110 cm³/mol. The van der Waals surface area contributed by atoms with Crippen molar-refractivity contribution in [3.05, 3.63) is 71.9 Å². The molecule has 1 amide bonds. The topological polar surface area (TPSA) is 45.2 Å². The molecule has 1 unspecified atom stereocenters. The van der Waals surface area contributed by atoms with Crippen molar-refractivity contribution < 1.29 is 4.79 Å². The Morgan fingerprint density at radius 1 is 1.00 bits per heavy atom. The summed E-state index contributed by atoms with van der Waals surface area (Å²) in [5.41, 5.74) is 1.79. The molecule has 27 heavy (non-hydrogen) atoms. The highest BCUT2D eigenvalue weighted by molar-refractivity contribution is 5.99. The van der Waals surface area contributed by atoms with Crippen molar-refractivity contribution >= 4 is 22.5 Å². The molecule has 0 radical (unpaired) electrons. The number of piperidine rings is 1. The van der Waals surface area contributed by atoms with E-state index in [1.54, 1.807) is 6.20 Å². The summed E-state index contributed by atoms with van der Waals surface area (Å²) in [4.78, 5) is 19.8. The van der Waals surface area contributed by atoms with Gasteiger partial charge in [0.05, 0.1) is 11.6 Å². The Hall–Kier alpha value is -2.88. The van der Waals surface area contributed by atoms with Crippen LogP contribution in [0.25, 0.3) is 10.8 Å². The Bertz CT molecular complexity index is 942. The Balaban J connectivity index is 1.59. The summed E-state index contributed by atoms with van der Waals surface area (Å²) in [5, 5.41) is 5.54. The zero-order chi connectivity index (χ0) is 18.6. The van der Waals surface area contributed by atoms with Gasteiger partial charge in [-0.15, -0.1) is 0 Å². The van der Waals surface area contributed by atoms with Gasteiger partial charge in [0.15, 0.2) is 0 Å². The fraction of sp³-hybridized carbons (Fsp3) is 0.304. The molecule has 1 aliphatic heterocycles. The lowest BCUT2D eigenvalue weighted by molar-refractivity contribution is 0.0940. The summed E-state index contributed by atoms with van der Waals surface area (Å²) in [6, 6.07) is 18.1. The zero-order valence-corrected chi connectivity index (χ0v) is 15.7. The number of hydrogen-bond acceptors (Lipinski definition) is 3. The summed E-state index contributed by atoms with van der Waals surface area (Å²) in [5.74, 6) is 0.740. The molecular weight excluding hydrogens is 334 g/mol. The summed E-state index contributed by atoms with van der Waals surface area (Å²) >= 11 is 0. The Morgan fingerprint density at radius 2 is 1.78 bits per heavy atom.